The van der Waals surface area contributed by atoms with E-state index in [0.29, 0.717) is 11.5 Å². The van der Waals surface area contributed by atoms with E-state index in [2.05, 4.69) is 15.0 Å². The molecule has 0 saturated heterocycles. The number of aryl methyl sites for hydroxylation is 1. The number of hydrogen-bond acceptors (Lipinski definition) is 3. The third-order valence-corrected chi connectivity index (χ3v) is 3.52. The Labute approximate surface area is 122 Å². The van der Waals surface area contributed by atoms with Gasteiger partial charge in [-0.2, -0.15) is 0 Å². The Hall–Kier alpha value is -2.49. The molecule has 0 fully saturated rings. The smallest absolute Gasteiger partial charge is 0.251 e. The fourth-order valence-electron chi connectivity index (χ4n) is 2.36. The van der Waals surface area contributed by atoms with Gasteiger partial charge >= 0.3 is 0 Å². The number of pyridine rings is 1. The number of nitrogens with zero attached hydrogens (tertiary/aromatic N) is 2. The molecule has 3 aromatic rings. The van der Waals surface area contributed by atoms with Gasteiger partial charge in [0.15, 0.2) is 5.82 Å². The van der Waals surface area contributed by atoms with Gasteiger partial charge in [0.2, 0.25) is 0 Å². The number of benzene rings is 1. The highest BCUT2D eigenvalue weighted by Crippen LogP contribution is 2.22. The van der Waals surface area contributed by atoms with E-state index in [1.807, 2.05) is 51.1 Å². The first-order chi connectivity index (χ1) is 10.0. The van der Waals surface area contributed by atoms with Crippen LogP contribution in [0.5, 0.6) is 0 Å². The minimum Gasteiger partial charge on any atom is -0.305 e. The van der Waals surface area contributed by atoms with E-state index in [1.165, 1.54) is 0 Å². The predicted molar refractivity (Wildman–Crippen MR) is 84.4 cm³/mol. The average Bonchev–Trinajstić information content (AvgIpc) is 2.46. The Morgan fingerprint density at radius 3 is 2.62 bits per heavy atom. The van der Waals surface area contributed by atoms with Crippen molar-refractivity contribution in [3.63, 3.8) is 0 Å². The SMILES string of the molecule is Cc1cc(-c2nc(C(C)C)cc(=O)[nH]2)nc2ccccc12. The topological polar surface area (TPSA) is 58.6 Å². The van der Waals surface area contributed by atoms with E-state index in [-0.39, 0.29) is 11.5 Å². The number of aromatic nitrogens is 3. The summed E-state index contributed by atoms with van der Waals surface area (Å²) in [6, 6.07) is 11.5. The lowest BCUT2D eigenvalue weighted by molar-refractivity contribution is 0.811. The Balaban J connectivity index is 2.23. The van der Waals surface area contributed by atoms with Crippen molar-refractivity contribution < 1.29 is 0 Å². The summed E-state index contributed by atoms with van der Waals surface area (Å²) in [7, 11) is 0. The molecule has 21 heavy (non-hydrogen) atoms. The zero-order chi connectivity index (χ0) is 15.0. The first-order valence-electron chi connectivity index (χ1n) is 7.02. The van der Waals surface area contributed by atoms with Crippen molar-refractivity contribution in [1.29, 1.82) is 0 Å². The quantitative estimate of drug-likeness (QED) is 0.782. The minimum atomic E-state index is -0.142. The third kappa shape index (κ3) is 2.57. The summed E-state index contributed by atoms with van der Waals surface area (Å²) in [5, 5.41) is 1.11. The molecule has 2 heterocycles. The summed E-state index contributed by atoms with van der Waals surface area (Å²) in [6.07, 6.45) is 0. The highest BCUT2D eigenvalue weighted by atomic mass is 16.1. The van der Waals surface area contributed by atoms with Crippen molar-refractivity contribution >= 4 is 10.9 Å². The molecule has 0 radical (unpaired) electrons. The van der Waals surface area contributed by atoms with Crippen molar-refractivity contribution in [2.24, 2.45) is 0 Å². The maximum atomic E-state index is 11.8. The van der Waals surface area contributed by atoms with Crippen LogP contribution in [0, 0.1) is 6.92 Å². The molecule has 1 aromatic carbocycles. The Bertz CT molecular complexity index is 865. The highest BCUT2D eigenvalue weighted by molar-refractivity contribution is 5.84. The van der Waals surface area contributed by atoms with Gasteiger partial charge < -0.3 is 4.98 Å². The van der Waals surface area contributed by atoms with Crippen molar-refractivity contribution in [2.45, 2.75) is 26.7 Å². The van der Waals surface area contributed by atoms with E-state index in [0.717, 1.165) is 22.2 Å². The molecular weight excluding hydrogens is 262 g/mol. The van der Waals surface area contributed by atoms with E-state index >= 15 is 0 Å². The van der Waals surface area contributed by atoms with E-state index in [9.17, 15) is 4.79 Å². The number of fused-ring (bicyclic) bond motifs is 1. The van der Waals surface area contributed by atoms with Crippen molar-refractivity contribution in [2.75, 3.05) is 0 Å². The van der Waals surface area contributed by atoms with E-state index in [1.54, 1.807) is 6.07 Å². The molecule has 0 unspecified atom stereocenters. The van der Waals surface area contributed by atoms with Crippen molar-refractivity contribution in [3.05, 3.63) is 58.0 Å². The first-order valence-corrected chi connectivity index (χ1v) is 7.02. The molecule has 0 spiro atoms. The van der Waals surface area contributed by atoms with Crippen LogP contribution in [0.2, 0.25) is 0 Å². The van der Waals surface area contributed by atoms with Crippen LogP contribution in [-0.2, 0) is 0 Å². The minimum absolute atomic E-state index is 0.142. The standard InChI is InChI=1S/C17H17N3O/c1-10(2)14-9-16(21)20-17(19-14)15-8-11(3)12-6-4-5-7-13(12)18-15/h4-10H,1-3H3,(H,19,20,21). The Kier molecular flexibility index (Phi) is 3.29. The zero-order valence-corrected chi connectivity index (χ0v) is 12.3. The highest BCUT2D eigenvalue weighted by Gasteiger charge is 2.10. The second-order valence-electron chi connectivity index (χ2n) is 5.52. The van der Waals surface area contributed by atoms with Crippen LogP contribution < -0.4 is 5.56 Å². The molecule has 0 atom stereocenters. The number of rotatable bonds is 2. The monoisotopic (exact) mass is 279 g/mol. The van der Waals surface area contributed by atoms with Gasteiger partial charge in [0.05, 0.1) is 11.2 Å². The lowest BCUT2D eigenvalue weighted by Crippen LogP contribution is -2.11. The van der Waals surface area contributed by atoms with Crippen LogP contribution in [0.3, 0.4) is 0 Å². The van der Waals surface area contributed by atoms with Crippen LogP contribution >= 0.6 is 0 Å². The summed E-state index contributed by atoms with van der Waals surface area (Å²) >= 11 is 0. The average molecular weight is 279 g/mol. The lowest BCUT2D eigenvalue weighted by Gasteiger charge is -2.08. The molecule has 0 bridgehead atoms. The predicted octanol–water partition coefficient (Wildman–Crippen LogP) is 3.42. The summed E-state index contributed by atoms with van der Waals surface area (Å²) < 4.78 is 0. The van der Waals surface area contributed by atoms with Gasteiger partial charge in [-0.1, -0.05) is 32.0 Å². The van der Waals surface area contributed by atoms with Gasteiger partial charge in [-0.25, -0.2) is 9.97 Å². The number of para-hydroxylation sites is 1. The van der Waals surface area contributed by atoms with Crippen LogP contribution in [0.25, 0.3) is 22.4 Å². The molecule has 1 N–H and O–H groups in total. The summed E-state index contributed by atoms with van der Waals surface area (Å²) in [4.78, 5) is 23.7. The fourth-order valence-corrected chi connectivity index (χ4v) is 2.36. The second-order valence-corrected chi connectivity index (χ2v) is 5.52. The van der Waals surface area contributed by atoms with Gasteiger partial charge in [-0.05, 0) is 30.5 Å². The number of H-pyrrole nitrogens is 1. The molecule has 0 amide bonds. The Morgan fingerprint density at radius 1 is 1.10 bits per heavy atom. The Morgan fingerprint density at radius 2 is 1.86 bits per heavy atom. The van der Waals surface area contributed by atoms with Gasteiger partial charge in [0, 0.05) is 11.5 Å². The van der Waals surface area contributed by atoms with E-state index < -0.39 is 0 Å². The molecule has 3 rings (SSSR count). The molecule has 4 nitrogen and oxygen atoms in total. The lowest BCUT2D eigenvalue weighted by atomic mass is 10.1. The molecular formula is C17H17N3O. The largest absolute Gasteiger partial charge is 0.305 e. The molecule has 2 aromatic heterocycles. The zero-order valence-electron chi connectivity index (χ0n) is 12.3. The number of hydrogen-bond donors (Lipinski definition) is 1. The van der Waals surface area contributed by atoms with Crippen LogP contribution in [-0.4, -0.2) is 15.0 Å². The fraction of sp³-hybridized carbons (Fsp3) is 0.235. The maximum absolute atomic E-state index is 11.8. The summed E-state index contributed by atoms with van der Waals surface area (Å²) in [6.45, 7) is 6.08. The second kappa shape index (κ2) is 5.13. The first kappa shape index (κ1) is 13.5. The van der Waals surface area contributed by atoms with Gasteiger partial charge in [-0.15, -0.1) is 0 Å². The van der Waals surface area contributed by atoms with Gasteiger partial charge in [0.25, 0.3) is 5.56 Å². The molecule has 0 aliphatic heterocycles. The van der Waals surface area contributed by atoms with Crippen LogP contribution in [0.15, 0.2) is 41.2 Å². The van der Waals surface area contributed by atoms with Crippen LogP contribution in [0.4, 0.5) is 0 Å². The van der Waals surface area contributed by atoms with Crippen LogP contribution in [0.1, 0.15) is 31.0 Å². The maximum Gasteiger partial charge on any atom is 0.251 e. The van der Waals surface area contributed by atoms with Gasteiger partial charge in [0.1, 0.15) is 5.69 Å². The molecule has 106 valence electrons. The number of nitrogens with one attached hydrogen (secondary N) is 1. The van der Waals surface area contributed by atoms with Crippen molar-refractivity contribution in [1.82, 2.24) is 15.0 Å². The van der Waals surface area contributed by atoms with Gasteiger partial charge in [-0.3, -0.25) is 4.79 Å². The van der Waals surface area contributed by atoms with E-state index in [4.69, 9.17) is 0 Å². The normalized spacial score (nSPS) is 11.2. The molecule has 0 aliphatic carbocycles. The summed E-state index contributed by atoms with van der Waals surface area (Å²) in [5.41, 5.74) is 3.36. The molecule has 4 heteroatoms. The number of aromatic amines is 1. The summed E-state index contributed by atoms with van der Waals surface area (Å²) in [5.74, 6) is 0.729. The van der Waals surface area contributed by atoms with Crippen molar-refractivity contribution in [3.8, 4) is 11.5 Å². The third-order valence-electron chi connectivity index (χ3n) is 3.52. The molecule has 0 saturated carbocycles. The molecule has 0 aliphatic rings.